The van der Waals surface area contributed by atoms with Gasteiger partial charge in [0.05, 0.1) is 0 Å². The van der Waals surface area contributed by atoms with Gasteiger partial charge in [0, 0.05) is 0 Å². The zero-order chi connectivity index (χ0) is 28.4. The third-order valence-electron chi connectivity index (χ3n) is 7.12. The molecule has 41 heavy (non-hydrogen) atoms. The Hall–Kier alpha value is -4.89. The zero-order valence-electron chi connectivity index (χ0n) is 23.6. The van der Waals surface area contributed by atoms with Crippen LogP contribution in [0.25, 0.3) is 54.9 Å². The Morgan fingerprint density at radius 2 is 1.10 bits per heavy atom. The van der Waals surface area contributed by atoms with Crippen LogP contribution in [0.3, 0.4) is 0 Å². The van der Waals surface area contributed by atoms with E-state index in [9.17, 15) is 4.79 Å². The first kappa shape index (κ1) is 26.3. The largest absolute Gasteiger partial charge is 0.482 e. The van der Waals surface area contributed by atoms with E-state index in [0.717, 1.165) is 11.1 Å². The number of hydrogen-bond acceptors (Lipinski definition) is 3. The van der Waals surface area contributed by atoms with Crippen molar-refractivity contribution in [3.05, 3.63) is 127 Å². The van der Waals surface area contributed by atoms with Crippen LogP contribution in [0.1, 0.15) is 20.8 Å². The third kappa shape index (κ3) is 5.44. The first-order valence-corrected chi connectivity index (χ1v) is 13.9. The minimum Gasteiger partial charge on any atom is -0.482 e. The van der Waals surface area contributed by atoms with Gasteiger partial charge in [0.15, 0.2) is 6.61 Å². The minimum atomic E-state index is -0.544. The predicted molar refractivity (Wildman–Crippen MR) is 169 cm³/mol. The fraction of sp³-hybridized carbons (Fsp3) is 0.132. The van der Waals surface area contributed by atoms with E-state index in [2.05, 4.69) is 115 Å². The van der Waals surface area contributed by atoms with Crippen LogP contribution in [0.15, 0.2) is 127 Å². The van der Waals surface area contributed by atoms with Gasteiger partial charge in [-0.2, -0.15) is 0 Å². The van der Waals surface area contributed by atoms with E-state index in [-0.39, 0.29) is 12.6 Å². The van der Waals surface area contributed by atoms with Gasteiger partial charge in [-0.25, -0.2) is 4.79 Å². The number of hydrogen-bond donors (Lipinski definition) is 0. The van der Waals surface area contributed by atoms with Gasteiger partial charge >= 0.3 is 5.97 Å². The Bertz CT molecular complexity index is 1830. The molecule has 0 saturated carbocycles. The van der Waals surface area contributed by atoms with Crippen molar-refractivity contribution >= 4 is 27.5 Å². The number of fused-ring (bicyclic) bond motifs is 2. The molecular weight excluding hydrogens is 504 g/mol. The van der Waals surface area contributed by atoms with Crippen LogP contribution in [0.5, 0.6) is 5.75 Å². The maximum absolute atomic E-state index is 12.1. The molecule has 202 valence electrons. The molecular formula is C38H32O3. The van der Waals surface area contributed by atoms with E-state index >= 15 is 0 Å². The number of esters is 1. The molecule has 0 aliphatic rings. The summed E-state index contributed by atoms with van der Waals surface area (Å²) in [5.41, 5.74) is 6.49. The molecule has 6 rings (SSSR count). The lowest BCUT2D eigenvalue weighted by Gasteiger charge is -2.20. The lowest BCUT2D eigenvalue weighted by molar-refractivity contribution is -0.157. The molecule has 0 unspecified atom stereocenters. The van der Waals surface area contributed by atoms with E-state index in [1.165, 1.54) is 43.8 Å². The Morgan fingerprint density at radius 1 is 0.561 bits per heavy atom. The van der Waals surface area contributed by atoms with Crippen LogP contribution in [-0.4, -0.2) is 18.2 Å². The molecule has 0 amide bonds. The van der Waals surface area contributed by atoms with E-state index in [0.29, 0.717) is 5.75 Å². The second kappa shape index (κ2) is 10.9. The second-order valence-electron chi connectivity index (χ2n) is 11.2. The highest BCUT2D eigenvalue weighted by molar-refractivity contribution is 6.24. The summed E-state index contributed by atoms with van der Waals surface area (Å²) in [5.74, 6) is 0.238. The predicted octanol–water partition coefficient (Wildman–Crippen LogP) is 9.71. The van der Waals surface area contributed by atoms with Gasteiger partial charge in [-0.1, -0.05) is 115 Å². The number of carbonyl (C=O) groups is 1. The smallest absolute Gasteiger partial charge is 0.344 e. The fourth-order valence-corrected chi connectivity index (χ4v) is 5.53. The Morgan fingerprint density at radius 3 is 1.71 bits per heavy atom. The fourth-order valence-electron chi connectivity index (χ4n) is 5.53. The summed E-state index contributed by atoms with van der Waals surface area (Å²) in [4.78, 5) is 12.1. The summed E-state index contributed by atoms with van der Waals surface area (Å²) in [5, 5.41) is 4.86. The van der Waals surface area contributed by atoms with E-state index in [1.807, 2.05) is 32.9 Å². The number of ether oxygens (including phenoxy) is 2. The van der Waals surface area contributed by atoms with Gasteiger partial charge in [0.25, 0.3) is 0 Å². The van der Waals surface area contributed by atoms with Crippen molar-refractivity contribution in [2.75, 3.05) is 6.61 Å². The maximum Gasteiger partial charge on any atom is 0.344 e. The SMILES string of the molecule is CC(C)(C)OC(=O)COc1ccc(-c2cccc3c(-c4ccccc4)c4ccccc4c(-c4ccccc4)c23)cc1. The van der Waals surface area contributed by atoms with Crippen molar-refractivity contribution in [1.29, 1.82) is 0 Å². The van der Waals surface area contributed by atoms with Crippen LogP contribution < -0.4 is 4.74 Å². The molecule has 0 aliphatic carbocycles. The topological polar surface area (TPSA) is 35.5 Å². The van der Waals surface area contributed by atoms with E-state index in [1.54, 1.807) is 0 Å². The maximum atomic E-state index is 12.1. The van der Waals surface area contributed by atoms with Gasteiger partial charge in [0.1, 0.15) is 11.4 Å². The highest BCUT2D eigenvalue weighted by Gasteiger charge is 2.20. The Kier molecular flexibility index (Phi) is 7.03. The second-order valence-corrected chi connectivity index (χ2v) is 11.2. The van der Waals surface area contributed by atoms with Gasteiger partial charge in [-0.15, -0.1) is 0 Å². The molecule has 3 nitrogen and oxygen atoms in total. The molecule has 0 radical (unpaired) electrons. The molecule has 0 spiro atoms. The summed E-state index contributed by atoms with van der Waals surface area (Å²) < 4.78 is 11.1. The molecule has 6 aromatic rings. The van der Waals surface area contributed by atoms with E-state index in [4.69, 9.17) is 9.47 Å². The lowest BCUT2D eigenvalue weighted by atomic mass is 9.83. The zero-order valence-corrected chi connectivity index (χ0v) is 23.6. The summed E-state index contributed by atoms with van der Waals surface area (Å²) in [6, 6.07) is 44.5. The standard InChI is InChI=1S/C38H32O3/c1-38(2,3)41-34(39)25-40-29-23-21-26(22-24-29)30-19-12-20-33-35(27-13-6-4-7-14-27)31-17-10-11-18-32(31)36(37(30)33)28-15-8-5-9-16-28/h4-24H,25H2,1-3H3. The summed E-state index contributed by atoms with van der Waals surface area (Å²) in [6.07, 6.45) is 0. The molecule has 0 bridgehead atoms. The third-order valence-corrected chi connectivity index (χ3v) is 7.12. The Balaban J connectivity index is 1.53. The lowest BCUT2D eigenvalue weighted by Crippen LogP contribution is -2.27. The van der Waals surface area contributed by atoms with Crippen molar-refractivity contribution in [2.24, 2.45) is 0 Å². The first-order valence-electron chi connectivity index (χ1n) is 13.9. The van der Waals surface area contributed by atoms with Crippen LogP contribution in [0.2, 0.25) is 0 Å². The highest BCUT2D eigenvalue weighted by atomic mass is 16.6. The van der Waals surface area contributed by atoms with Gasteiger partial charge in [-0.05, 0) is 87.8 Å². The summed E-state index contributed by atoms with van der Waals surface area (Å²) in [7, 11) is 0. The molecule has 6 aromatic carbocycles. The van der Waals surface area contributed by atoms with Gasteiger partial charge in [-0.3, -0.25) is 0 Å². The average molecular weight is 537 g/mol. The molecule has 0 N–H and O–H groups in total. The number of carbonyl (C=O) groups excluding carboxylic acids is 1. The molecule has 0 saturated heterocycles. The highest BCUT2D eigenvalue weighted by Crippen LogP contribution is 2.46. The monoisotopic (exact) mass is 536 g/mol. The van der Waals surface area contributed by atoms with Crippen molar-refractivity contribution in [3.8, 4) is 39.1 Å². The van der Waals surface area contributed by atoms with Crippen LogP contribution >= 0.6 is 0 Å². The van der Waals surface area contributed by atoms with Gasteiger partial charge < -0.3 is 9.47 Å². The van der Waals surface area contributed by atoms with Crippen molar-refractivity contribution in [2.45, 2.75) is 26.4 Å². The molecule has 0 aliphatic heterocycles. The minimum absolute atomic E-state index is 0.129. The first-order chi connectivity index (χ1) is 19.9. The molecule has 0 aromatic heterocycles. The average Bonchev–Trinajstić information content (AvgIpc) is 2.99. The van der Waals surface area contributed by atoms with Crippen LogP contribution in [-0.2, 0) is 9.53 Å². The summed E-state index contributed by atoms with van der Waals surface area (Å²) in [6.45, 7) is 5.41. The quantitative estimate of drug-likeness (QED) is 0.157. The van der Waals surface area contributed by atoms with Crippen molar-refractivity contribution < 1.29 is 14.3 Å². The molecule has 3 heteroatoms. The van der Waals surface area contributed by atoms with Crippen LogP contribution in [0.4, 0.5) is 0 Å². The van der Waals surface area contributed by atoms with Crippen molar-refractivity contribution in [1.82, 2.24) is 0 Å². The molecule has 0 heterocycles. The molecule has 0 fully saturated rings. The van der Waals surface area contributed by atoms with Gasteiger partial charge in [0.2, 0.25) is 0 Å². The summed E-state index contributed by atoms with van der Waals surface area (Å²) >= 11 is 0. The van der Waals surface area contributed by atoms with Crippen LogP contribution in [0, 0.1) is 0 Å². The Labute approximate surface area is 241 Å². The number of rotatable bonds is 6. The normalized spacial score (nSPS) is 11.5. The molecule has 0 atom stereocenters. The van der Waals surface area contributed by atoms with Crippen molar-refractivity contribution in [3.63, 3.8) is 0 Å². The van der Waals surface area contributed by atoms with E-state index < -0.39 is 5.60 Å². The number of benzene rings is 6.